The molecule has 0 aliphatic rings. The van der Waals surface area contributed by atoms with E-state index in [1.165, 1.54) is 70.0 Å². The molecular weight excluding hydrogens is 557 g/mol. The first kappa shape index (κ1) is 30.5. The maximum Gasteiger partial charge on any atom is 0.422 e. The van der Waals surface area contributed by atoms with Gasteiger partial charge in [0.05, 0.1) is 26.0 Å². The fourth-order valence-corrected chi connectivity index (χ4v) is 3.97. The van der Waals surface area contributed by atoms with Crippen molar-refractivity contribution in [2.24, 2.45) is 0 Å². The fraction of sp³-hybridized carbons (Fsp3) is 0.296. The number of benzene rings is 2. The molecule has 0 fully saturated rings. The van der Waals surface area contributed by atoms with Crippen LogP contribution < -0.4 is 20.3 Å². The molecule has 1 aromatic heterocycles. The minimum atomic E-state index is -4.59. The van der Waals surface area contributed by atoms with Crippen molar-refractivity contribution in [1.82, 2.24) is 4.57 Å². The number of ether oxygens (including phenoxy) is 4. The van der Waals surface area contributed by atoms with Gasteiger partial charge in [-0.15, -0.1) is 0 Å². The van der Waals surface area contributed by atoms with E-state index in [0.29, 0.717) is 5.69 Å². The number of methoxy groups -OCH3 is 3. The number of hydrogen-bond donors (Lipinski definition) is 1. The molecule has 0 spiro atoms. The van der Waals surface area contributed by atoms with E-state index in [-0.39, 0.29) is 46.2 Å². The van der Waals surface area contributed by atoms with Gasteiger partial charge in [0.2, 0.25) is 5.91 Å². The highest BCUT2D eigenvalue weighted by molar-refractivity contribution is 6.31. The monoisotopic (exact) mass is 582 g/mol. The zero-order valence-corrected chi connectivity index (χ0v) is 22.5. The van der Waals surface area contributed by atoms with Crippen LogP contribution in [0.4, 0.5) is 18.9 Å². The third-order valence-corrected chi connectivity index (χ3v) is 5.93. The average molecular weight is 583 g/mol. The molecule has 1 atom stereocenters. The maximum absolute atomic E-state index is 13.3. The Hall–Kier alpha value is -4.03. The van der Waals surface area contributed by atoms with Crippen LogP contribution in [-0.4, -0.2) is 57.2 Å². The molecule has 1 heterocycles. The molecule has 0 saturated carbocycles. The molecule has 0 saturated heterocycles. The predicted octanol–water partition coefficient (Wildman–Crippen LogP) is 5.12. The standard InChI is InChI=1S/C27H26ClF3N2O7/c1-37-11-10-21(25(35)32-18-7-4-16(5-8-18)26(36)39-3)33-14-23(38-2)20(13-24(33)34)19-12-17(28)6-9-22(19)40-15-27(29,30)31/h4-9,12-14,21H,10-11,15H2,1-3H3,(H,32,35). The molecule has 13 heteroatoms. The van der Waals surface area contributed by atoms with Gasteiger partial charge in [-0.3, -0.25) is 14.2 Å². The molecule has 1 amide bonds. The van der Waals surface area contributed by atoms with Gasteiger partial charge in [-0.25, -0.2) is 4.79 Å². The number of aromatic nitrogens is 1. The molecule has 0 radical (unpaired) electrons. The fourth-order valence-electron chi connectivity index (χ4n) is 3.80. The topological polar surface area (TPSA) is 105 Å². The number of nitrogens with zero attached hydrogens (tertiary/aromatic N) is 1. The van der Waals surface area contributed by atoms with E-state index in [2.05, 4.69) is 10.1 Å². The summed E-state index contributed by atoms with van der Waals surface area (Å²) in [5.74, 6) is -1.18. The molecule has 40 heavy (non-hydrogen) atoms. The molecule has 3 rings (SSSR count). The molecule has 214 valence electrons. The van der Waals surface area contributed by atoms with E-state index < -0.39 is 36.3 Å². The summed E-state index contributed by atoms with van der Waals surface area (Å²) in [7, 11) is 3.99. The van der Waals surface area contributed by atoms with Crippen LogP contribution in [0, 0.1) is 0 Å². The van der Waals surface area contributed by atoms with Crippen LogP contribution in [-0.2, 0) is 14.3 Å². The lowest BCUT2D eigenvalue weighted by atomic mass is 10.0. The molecule has 3 aromatic rings. The molecule has 2 aromatic carbocycles. The number of hydrogen-bond acceptors (Lipinski definition) is 7. The van der Waals surface area contributed by atoms with Crippen LogP contribution >= 0.6 is 11.6 Å². The minimum Gasteiger partial charge on any atom is -0.495 e. The summed E-state index contributed by atoms with van der Waals surface area (Å²) in [5, 5.41) is 2.89. The lowest BCUT2D eigenvalue weighted by Gasteiger charge is -2.22. The molecule has 0 aliphatic heterocycles. The van der Waals surface area contributed by atoms with Gasteiger partial charge >= 0.3 is 12.1 Å². The summed E-state index contributed by atoms with van der Waals surface area (Å²) in [5.41, 5.74) is 0.221. The van der Waals surface area contributed by atoms with Crippen molar-refractivity contribution in [3.05, 3.63) is 75.7 Å². The third-order valence-electron chi connectivity index (χ3n) is 5.69. The Morgan fingerprint density at radius 2 is 1.68 bits per heavy atom. The van der Waals surface area contributed by atoms with Gasteiger partial charge in [-0.05, 0) is 42.5 Å². The Labute approximate surface area is 232 Å². The van der Waals surface area contributed by atoms with Crippen molar-refractivity contribution >= 4 is 29.2 Å². The van der Waals surface area contributed by atoms with Gasteiger partial charge < -0.3 is 24.3 Å². The first-order valence-corrected chi connectivity index (χ1v) is 12.1. The molecular formula is C27H26ClF3N2O7. The van der Waals surface area contributed by atoms with Crippen LogP contribution in [0.5, 0.6) is 11.5 Å². The summed E-state index contributed by atoms with van der Waals surface area (Å²) in [6.45, 7) is -1.43. The zero-order valence-electron chi connectivity index (χ0n) is 21.7. The van der Waals surface area contributed by atoms with Crippen molar-refractivity contribution in [1.29, 1.82) is 0 Å². The van der Waals surface area contributed by atoms with Gasteiger partial charge in [0.25, 0.3) is 5.56 Å². The SMILES string of the molecule is COCCC(C(=O)Nc1ccc(C(=O)OC)cc1)n1cc(OC)c(-c2cc(Cl)ccc2OCC(F)(F)F)cc1=O. The lowest BCUT2D eigenvalue weighted by molar-refractivity contribution is -0.153. The Bertz CT molecular complexity index is 1410. The van der Waals surface area contributed by atoms with Crippen molar-refractivity contribution in [3.63, 3.8) is 0 Å². The van der Waals surface area contributed by atoms with Crippen LogP contribution in [0.3, 0.4) is 0 Å². The number of alkyl halides is 3. The second kappa shape index (κ2) is 13.4. The van der Waals surface area contributed by atoms with E-state index >= 15 is 0 Å². The predicted molar refractivity (Wildman–Crippen MR) is 141 cm³/mol. The lowest BCUT2D eigenvalue weighted by Crippen LogP contribution is -2.34. The first-order chi connectivity index (χ1) is 19.0. The van der Waals surface area contributed by atoms with Crippen LogP contribution in [0.1, 0.15) is 22.8 Å². The van der Waals surface area contributed by atoms with Crippen molar-refractivity contribution < 1.29 is 41.7 Å². The number of carbonyl (C=O) groups excluding carboxylic acids is 2. The largest absolute Gasteiger partial charge is 0.495 e. The summed E-state index contributed by atoms with van der Waals surface area (Å²) in [4.78, 5) is 38.2. The van der Waals surface area contributed by atoms with Gasteiger partial charge in [-0.2, -0.15) is 13.2 Å². The zero-order chi connectivity index (χ0) is 29.4. The van der Waals surface area contributed by atoms with E-state index in [9.17, 15) is 27.6 Å². The number of pyridine rings is 1. The number of carbonyl (C=O) groups is 2. The Morgan fingerprint density at radius 1 is 1.00 bits per heavy atom. The number of esters is 1. The molecule has 9 nitrogen and oxygen atoms in total. The highest BCUT2D eigenvalue weighted by atomic mass is 35.5. The van der Waals surface area contributed by atoms with Crippen molar-refractivity contribution in [2.75, 3.05) is 39.9 Å². The van der Waals surface area contributed by atoms with Gasteiger partial charge in [-0.1, -0.05) is 11.6 Å². The number of anilines is 1. The Balaban J connectivity index is 2.00. The van der Waals surface area contributed by atoms with Gasteiger partial charge in [0, 0.05) is 48.0 Å². The third kappa shape index (κ3) is 7.76. The van der Waals surface area contributed by atoms with E-state index in [0.717, 1.165) is 10.6 Å². The second-order valence-corrected chi connectivity index (χ2v) is 8.84. The number of nitrogens with one attached hydrogen (secondary N) is 1. The number of amides is 1. The quantitative estimate of drug-likeness (QED) is 0.313. The van der Waals surface area contributed by atoms with Gasteiger partial charge in [0.15, 0.2) is 6.61 Å². The highest BCUT2D eigenvalue weighted by Crippen LogP contribution is 2.38. The summed E-state index contributed by atoms with van der Waals surface area (Å²) in [6, 6.07) is 9.98. The maximum atomic E-state index is 13.3. The highest BCUT2D eigenvalue weighted by Gasteiger charge is 2.29. The second-order valence-electron chi connectivity index (χ2n) is 8.40. The van der Waals surface area contributed by atoms with Crippen LogP contribution in [0.25, 0.3) is 11.1 Å². The van der Waals surface area contributed by atoms with Crippen LogP contribution in [0.2, 0.25) is 5.02 Å². The summed E-state index contributed by atoms with van der Waals surface area (Å²) >= 11 is 6.09. The van der Waals surface area contributed by atoms with E-state index in [1.807, 2.05) is 0 Å². The normalized spacial score (nSPS) is 12.0. The smallest absolute Gasteiger partial charge is 0.422 e. The van der Waals surface area contributed by atoms with Crippen LogP contribution in [0.15, 0.2) is 59.5 Å². The first-order valence-electron chi connectivity index (χ1n) is 11.7. The Morgan fingerprint density at radius 3 is 2.27 bits per heavy atom. The average Bonchev–Trinajstić information content (AvgIpc) is 2.92. The number of rotatable bonds is 11. The summed E-state index contributed by atoms with van der Waals surface area (Å²) < 4.78 is 59.8. The minimum absolute atomic E-state index is 0.0800. The Kier molecular flexibility index (Phi) is 10.2. The molecule has 1 N–H and O–H groups in total. The number of halogens is 4. The van der Waals surface area contributed by atoms with Gasteiger partial charge in [0.1, 0.15) is 17.5 Å². The molecule has 0 bridgehead atoms. The van der Waals surface area contributed by atoms with Crippen molar-refractivity contribution in [2.45, 2.75) is 18.6 Å². The summed E-state index contributed by atoms with van der Waals surface area (Å²) in [6.07, 6.45) is -3.21. The molecule has 0 aliphatic carbocycles. The molecule has 1 unspecified atom stereocenters. The van der Waals surface area contributed by atoms with E-state index in [4.69, 9.17) is 25.8 Å². The van der Waals surface area contributed by atoms with Crippen molar-refractivity contribution in [3.8, 4) is 22.6 Å². The van der Waals surface area contributed by atoms with E-state index in [1.54, 1.807) is 0 Å².